The molecule has 7 heteroatoms. The molecule has 0 aliphatic carbocycles. The summed E-state index contributed by atoms with van der Waals surface area (Å²) < 4.78 is 32.0. The summed E-state index contributed by atoms with van der Waals surface area (Å²) in [7, 11) is -3.67. The molecule has 0 spiro atoms. The summed E-state index contributed by atoms with van der Waals surface area (Å²) >= 11 is 0. The van der Waals surface area contributed by atoms with E-state index in [0.717, 1.165) is 28.3 Å². The third-order valence-electron chi connectivity index (χ3n) is 4.21. The van der Waals surface area contributed by atoms with Crippen LogP contribution in [0.4, 0.5) is 0 Å². The van der Waals surface area contributed by atoms with Crippen LogP contribution in [0.5, 0.6) is 0 Å². The quantitative estimate of drug-likeness (QED) is 0.533. The number of furan rings is 1. The molecule has 0 aliphatic rings. The van der Waals surface area contributed by atoms with E-state index in [1.807, 2.05) is 39.0 Å². The molecule has 0 radical (unpaired) electrons. The van der Waals surface area contributed by atoms with Gasteiger partial charge in [0.15, 0.2) is 0 Å². The normalized spacial score (nSPS) is 12.0. The topological polar surface area (TPSA) is 76.6 Å². The van der Waals surface area contributed by atoms with Crippen LogP contribution in [-0.2, 0) is 16.6 Å². The average Bonchev–Trinajstić information content (AvgIpc) is 3.19. The Morgan fingerprint density at radius 2 is 1.88 bits per heavy atom. The Labute approximate surface area is 153 Å². The van der Waals surface area contributed by atoms with Gasteiger partial charge in [-0.2, -0.15) is 13.5 Å². The van der Waals surface area contributed by atoms with Crippen LogP contribution in [0.3, 0.4) is 0 Å². The largest absolute Gasteiger partial charge is 0.467 e. The fourth-order valence-electron chi connectivity index (χ4n) is 2.70. The number of nitrogens with one attached hydrogen (secondary N) is 1. The van der Waals surface area contributed by atoms with Crippen LogP contribution in [0.15, 0.2) is 63.1 Å². The van der Waals surface area contributed by atoms with Crippen LogP contribution in [0.25, 0.3) is 0 Å². The van der Waals surface area contributed by atoms with Gasteiger partial charge in [0.25, 0.3) is 10.0 Å². The molecule has 136 valence electrons. The van der Waals surface area contributed by atoms with Crippen molar-refractivity contribution in [1.29, 1.82) is 0 Å². The zero-order chi connectivity index (χ0) is 18.7. The summed E-state index contributed by atoms with van der Waals surface area (Å²) in [6.45, 7) is 6.48. The maximum absolute atomic E-state index is 12.3. The summed E-state index contributed by atoms with van der Waals surface area (Å²) in [5, 5.41) is 3.92. The number of nitrogens with zero attached hydrogens (tertiary/aromatic N) is 2. The first-order valence-electron chi connectivity index (χ1n) is 8.17. The summed E-state index contributed by atoms with van der Waals surface area (Å²) in [5.41, 5.74) is 3.87. The first kappa shape index (κ1) is 18.0. The number of benzene rings is 1. The van der Waals surface area contributed by atoms with Gasteiger partial charge in [-0.05, 0) is 51.1 Å². The maximum atomic E-state index is 12.3. The van der Waals surface area contributed by atoms with Gasteiger partial charge in [0.1, 0.15) is 5.76 Å². The fraction of sp³-hybridized carbons (Fsp3) is 0.211. The van der Waals surface area contributed by atoms with Crippen molar-refractivity contribution in [2.45, 2.75) is 32.2 Å². The Morgan fingerprint density at radius 3 is 2.54 bits per heavy atom. The third kappa shape index (κ3) is 3.88. The van der Waals surface area contributed by atoms with Gasteiger partial charge < -0.3 is 8.98 Å². The van der Waals surface area contributed by atoms with Crippen molar-refractivity contribution in [3.8, 4) is 0 Å². The molecule has 0 saturated heterocycles. The molecule has 0 aliphatic heterocycles. The van der Waals surface area contributed by atoms with Crippen molar-refractivity contribution in [2.24, 2.45) is 5.10 Å². The molecule has 26 heavy (non-hydrogen) atoms. The lowest BCUT2D eigenvalue weighted by atomic mass is 10.2. The molecule has 2 heterocycles. The van der Waals surface area contributed by atoms with E-state index in [-0.39, 0.29) is 4.90 Å². The van der Waals surface area contributed by atoms with Crippen LogP contribution in [-0.4, -0.2) is 19.2 Å². The number of sulfonamides is 1. The Hall–Kier alpha value is -2.80. The number of rotatable bonds is 6. The first-order valence-corrected chi connectivity index (χ1v) is 9.66. The van der Waals surface area contributed by atoms with Crippen molar-refractivity contribution in [3.63, 3.8) is 0 Å². The van der Waals surface area contributed by atoms with E-state index in [4.69, 9.17) is 4.42 Å². The zero-order valence-corrected chi connectivity index (χ0v) is 15.7. The molecule has 0 amide bonds. The first-order chi connectivity index (χ1) is 12.4. The Bertz CT molecular complexity index is 1010. The summed E-state index contributed by atoms with van der Waals surface area (Å²) in [4.78, 5) is 2.44. The average molecular weight is 371 g/mol. The number of aromatic nitrogens is 1. The van der Waals surface area contributed by atoms with E-state index >= 15 is 0 Å². The highest BCUT2D eigenvalue weighted by molar-refractivity contribution is 7.89. The highest BCUT2D eigenvalue weighted by Gasteiger charge is 2.13. The van der Waals surface area contributed by atoms with Crippen LogP contribution < -0.4 is 4.83 Å². The molecule has 0 unspecified atom stereocenters. The molecule has 0 saturated carbocycles. The number of aryl methyl sites for hydroxylation is 2. The predicted molar refractivity (Wildman–Crippen MR) is 101 cm³/mol. The van der Waals surface area contributed by atoms with Crippen molar-refractivity contribution in [2.75, 3.05) is 0 Å². The molecular formula is C19H21N3O3S. The van der Waals surface area contributed by atoms with Gasteiger partial charge in [-0.15, -0.1) is 0 Å². The number of hydrogen-bond acceptors (Lipinski definition) is 4. The number of hydrazone groups is 1. The Balaban J connectivity index is 1.75. The van der Waals surface area contributed by atoms with Gasteiger partial charge in [-0.3, -0.25) is 0 Å². The van der Waals surface area contributed by atoms with E-state index in [1.54, 1.807) is 30.5 Å². The van der Waals surface area contributed by atoms with E-state index in [9.17, 15) is 8.42 Å². The van der Waals surface area contributed by atoms with Gasteiger partial charge in [-0.25, -0.2) is 4.83 Å². The zero-order valence-electron chi connectivity index (χ0n) is 14.9. The van der Waals surface area contributed by atoms with E-state index < -0.39 is 10.0 Å². The molecule has 3 rings (SSSR count). The monoisotopic (exact) mass is 371 g/mol. The van der Waals surface area contributed by atoms with Crippen molar-refractivity contribution < 1.29 is 12.8 Å². The smallest absolute Gasteiger partial charge is 0.276 e. The van der Waals surface area contributed by atoms with Gasteiger partial charge in [-0.1, -0.05) is 17.7 Å². The highest BCUT2D eigenvalue weighted by Crippen LogP contribution is 2.16. The fourth-order valence-corrected chi connectivity index (χ4v) is 3.49. The summed E-state index contributed by atoms with van der Waals surface area (Å²) in [6.07, 6.45) is 3.17. The van der Waals surface area contributed by atoms with Crippen LogP contribution >= 0.6 is 0 Å². The lowest BCUT2D eigenvalue weighted by Gasteiger charge is -2.07. The molecular weight excluding hydrogens is 350 g/mol. The second-order valence-corrected chi connectivity index (χ2v) is 7.82. The van der Waals surface area contributed by atoms with Gasteiger partial charge in [0.2, 0.25) is 0 Å². The molecule has 2 aromatic heterocycles. The van der Waals surface area contributed by atoms with Crippen molar-refractivity contribution in [1.82, 2.24) is 9.40 Å². The second-order valence-electron chi connectivity index (χ2n) is 6.16. The van der Waals surface area contributed by atoms with E-state index in [0.29, 0.717) is 6.54 Å². The van der Waals surface area contributed by atoms with Crippen molar-refractivity contribution in [3.05, 3.63) is 77.0 Å². The van der Waals surface area contributed by atoms with E-state index in [1.165, 1.54) is 6.21 Å². The molecule has 0 fully saturated rings. The lowest BCUT2D eigenvalue weighted by molar-refractivity contribution is 0.489. The third-order valence-corrected chi connectivity index (χ3v) is 5.45. The van der Waals surface area contributed by atoms with Gasteiger partial charge in [0.05, 0.1) is 23.9 Å². The van der Waals surface area contributed by atoms with Crippen LogP contribution in [0, 0.1) is 20.8 Å². The predicted octanol–water partition coefficient (Wildman–Crippen LogP) is 3.37. The van der Waals surface area contributed by atoms with Gasteiger partial charge in [0, 0.05) is 17.0 Å². The molecule has 0 atom stereocenters. The molecule has 1 aromatic carbocycles. The van der Waals surface area contributed by atoms with Crippen LogP contribution in [0.2, 0.25) is 0 Å². The maximum Gasteiger partial charge on any atom is 0.276 e. The minimum atomic E-state index is -3.67. The Morgan fingerprint density at radius 1 is 1.15 bits per heavy atom. The highest BCUT2D eigenvalue weighted by atomic mass is 32.2. The standard InChI is InChI=1S/C19H21N3O3S/c1-14-6-8-19(9-7-14)26(23,24)21-20-12-17-11-15(2)22(16(17)3)13-18-5-4-10-25-18/h4-12,21H,13H2,1-3H3/b20-12-. The minimum Gasteiger partial charge on any atom is -0.467 e. The van der Waals surface area contributed by atoms with Crippen molar-refractivity contribution >= 4 is 16.2 Å². The molecule has 6 nitrogen and oxygen atoms in total. The molecule has 1 N–H and O–H groups in total. The van der Waals surface area contributed by atoms with Crippen LogP contribution in [0.1, 0.15) is 28.3 Å². The second kappa shape index (κ2) is 7.21. The lowest BCUT2D eigenvalue weighted by Crippen LogP contribution is -2.18. The number of hydrogen-bond donors (Lipinski definition) is 1. The summed E-state index contributed by atoms with van der Waals surface area (Å²) in [6, 6.07) is 12.3. The molecule has 0 bridgehead atoms. The molecule has 3 aromatic rings. The SMILES string of the molecule is Cc1ccc(S(=O)(=O)N/N=C\c2cc(C)n(Cc3ccco3)c2C)cc1. The van der Waals surface area contributed by atoms with Gasteiger partial charge >= 0.3 is 0 Å². The summed E-state index contributed by atoms with van der Waals surface area (Å²) in [5.74, 6) is 0.857. The Kier molecular flexibility index (Phi) is 4.99. The van der Waals surface area contributed by atoms with E-state index in [2.05, 4.69) is 14.5 Å². The minimum absolute atomic E-state index is 0.184.